The number of nitro groups is 1. The molecule has 0 aromatic heterocycles. The molecular formula is C20H17NO7. The van der Waals surface area contributed by atoms with E-state index in [-0.39, 0.29) is 29.6 Å². The molecule has 2 aromatic rings. The first kappa shape index (κ1) is 19.1. The normalized spacial score (nSPS) is 12.2. The van der Waals surface area contributed by atoms with Crippen molar-refractivity contribution in [2.24, 2.45) is 0 Å². The van der Waals surface area contributed by atoms with Gasteiger partial charge in [-0.15, -0.1) is 0 Å². The Balaban J connectivity index is 1.68. The lowest BCUT2D eigenvalue weighted by Crippen LogP contribution is -2.13. The second-order valence-electron chi connectivity index (χ2n) is 6.20. The molecular weight excluding hydrogens is 366 g/mol. The summed E-state index contributed by atoms with van der Waals surface area (Å²) >= 11 is 0. The van der Waals surface area contributed by atoms with Gasteiger partial charge in [0.1, 0.15) is 0 Å². The monoisotopic (exact) mass is 383 g/mol. The number of ketones is 1. The first-order chi connectivity index (χ1) is 13.3. The quantitative estimate of drug-likeness (QED) is 0.247. The Bertz CT molecular complexity index is 994. The van der Waals surface area contributed by atoms with Gasteiger partial charge in [0.05, 0.1) is 16.6 Å². The van der Waals surface area contributed by atoms with Crippen molar-refractivity contribution in [3.63, 3.8) is 0 Å². The molecule has 0 bridgehead atoms. The van der Waals surface area contributed by atoms with Gasteiger partial charge in [-0.3, -0.25) is 14.9 Å². The van der Waals surface area contributed by atoms with Crippen LogP contribution in [0.4, 0.5) is 5.69 Å². The van der Waals surface area contributed by atoms with E-state index < -0.39 is 17.5 Å². The van der Waals surface area contributed by atoms with Gasteiger partial charge in [0.2, 0.25) is 12.6 Å². The number of ether oxygens (including phenoxy) is 3. The van der Waals surface area contributed by atoms with Gasteiger partial charge in [-0.05, 0) is 37.6 Å². The average molecular weight is 383 g/mol. The largest absolute Gasteiger partial charge is 0.454 e. The first-order valence-electron chi connectivity index (χ1n) is 8.38. The fraction of sp³-hybridized carbons (Fsp3) is 0.200. The number of benzene rings is 2. The number of hydrogen-bond acceptors (Lipinski definition) is 7. The Morgan fingerprint density at radius 2 is 1.89 bits per heavy atom. The van der Waals surface area contributed by atoms with Crippen molar-refractivity contribution in [3.05, 3.63) is 68.8 Å². The van der Waals surface area contributed by atoms with Crippen LogP contribution >= 0.6 is 0 Å². The summed E-state index contributed by atoms with van der Waals surface area (Å²) in [5.74, 6) is -0.489. The average Bonchev–Trinajstić information content (AvgIpc) is 3.12. The molecule has 1 heterocycles. The highest BCUT2D eigenvalue weighted by molar-refractivity contribution is 6.00. The van der Waals surface area contributed by atoms with Gasteiger partial charge in [0.25, 0.3) is 5.69 Å². The Morgan fingerprint density at radius 3 is 2.61 bits per heavy atom. The highest BCUT2D eigenvalue weighted by Gasteiger charge is 2.22. The summed E-state index contributed by atoms with van der Waals surface area (Å²) in [7, 11) is 0. The van der Waals surface area contributed by atoms with Gasteiger partial charge in [-0.2, -0.15) is 0 Å². The zero-order chi connectivity index (χ0) is 20.3. The number of Topliss-reactive ketones (excluding diaryl/α,β-unsaturated/α-hetero) is 1. The van der Waals surface area contributed by atoms with Gasteiger partial charge in [0.15, 0.2) is 18.1 Å². The number of nitro benzene ring substituents is 1. The summed E-state index contributed by atoms with van der Waals surface area (Å²) in [6.45, 7) is 3.22. The van der Waals surface area contributed by atoms with Gasteiger partial charge >= 0.3 is 5.97 Å². The summed E-state index contributed by atoms with van der Waals surface area (Å²) in [6, 6.07) is 8.09. The van der Waals surface area contributed by atoms with Crippen molar-refractivity contribution in [3.8, 4) is 11.5 Å². The lowest BCUT2D eigenvalue weighted by atomic mass is 10.0. The fourth-order valence-corrected chi connectivity index (χ4v) is 2.70. The van der Waals surface area contributed by atoms with Crippen LogP contribution < -0.4 is 9.47 Å². The van der Waals surface area contributed by atoms with E-state index in [1.54, 1.807) is 13.0 Å². The topological polar surface area (TPSA) is 105 Å². The van der Waals surface area contributed by atoms with E-state index in [1.165, 1.54) is 18.2 Å². The van der Waals surface area contributed by atoms with Crippen LogP contribution in [0.1, 0.15) is 27.0 Å². The molecule has 0 saturated heterocycles. The molecule has 0 fully saturated rings. The summed E-state index contributed by atoms with van der Waals surface area (Å²) in [5, 5.41) is 11.2. The van der Waals surface area contributed by atoms with Crippen molar-refractivity contribution in [1.82, 2.24) is 0 Å². The number of hydrogen-bond donors (Lipinski definition) is 0. The SMILES string of the molecule is Cc1ccc(C)c(C(=O)COC(=O)/C=C/c2cc3c(cc2[N+](=O)[O-])OCO3)c1. The molecule has 0 aliphatic carbocycles. The third-order valence-electron chi connectivity index (χ3n) is 4.16. The summed E-state index contributed by atoms with van der Waals surface area (Å²) < 4.78 is 15.3. The lowest BCUT2D eigenvalue weighted by Gasteiger charge is -2.06. The van der Waals surface area contributed by atoms with E-state index in [9.17, 15) is 19.7 Å². The van der Waals surface area contributed by atoms with E-state index in [0.717, 1.165) is 17.2 Å². The van der Waals surface area contributed by atoms with Gasteiger partial charge in [-0.1, -0.05) is 17.7 Å². The standard InChI is InChI=1S/C20H17NO7/c1-12-3-4-13(2)15(7-12)17(22)10-26-20(23)6-5-14-8-18-19(28-11-27-18)9-16(14)21(24)25/h3-9H,10-11H2,1-2H3/b6-5+. The minimum Gasteiger partial charge on any atom is -0.454 e. The number of carbonyl (C=O) groups excluding carboxylic acids is 2. The van der Waals surface area contributed by atoms with Crippen LogP contribution in [-0.4, -0.2) is 30.1 Å². The number of nitrogens with zero attached hydrogens (tertiary/aromatic N) is 1. The molecule has 1 aliphatic heterocycles. The van der Waals surface area contributed by atoms with Crippen LogP contribution in [0.3, 0.4) is 0 Å². The predicted octanol–water partition coefficient (Wildman–Crippen LogP) is 3.38. The Morgan fingerprint density at radius 1 is 1.18 bits per heavy atom. The van der Waals surface area contributed by atoms with E-state index in [1.807, 2.05) is 19.1 Å². The van der Waals surface area contributed by atoms with Crippen molar-refractivity contribution in [2.45, 2.75) is 13.8 Å². The van der Waals surface area contributed by atoms with Crippen molar-refractivity contribution in [2.75, 3.05) is 13.4 Å². The Kier molecular flexibility index (Phi) is 5.39. The fourth-order valence-electron chi connectivity index (χ4n) is 2.70. The highest BCUT2D eigenvalue weighted by atomic mass is 16.7. The van der Waals surface area contributed by atoms with E-state index in [4.69, 9.17) is 14.2 Å². The summed E-state index contributed by atoms with van der Waals surface area (Å²) in [6.07, 6.45) is 2.27. The van der Waals surface area contributed by atoms with Gasteiger partial charge in [0, 0.05) is 11.6 Å². The molecule has 1 aliphatic rings. The van der Waals surface area contributed by atoms with Crippen LogP contribution in [0.5, 0.6) is 11.5 Å². The third-order valence-corrected chi connectivity index (χ3v) is 4.16. The van der Waals surface area contributed by atoms with Gasteiger partial charge < -0.3 is 14.2 Å². The molecule has 8 heteroatoms. The highest BCUT2D eigenvalue weighted by Crippen LogP contribution is 2.38. The number of carbonyl (C=O) groups is 2. The minimum atomic E-state index is -0.786. The maximum atomic E-state index is 12.2. The molecule has 0 N–H and O–H groups in total. The van der Waals surface area contributed by atoms with Crippen LogP contribution in [0, 0.1) is 24.0 Å². The smallest absolute Gasteiger partial charge is 0.331 e. The number of fused-ring (bicyclic) bond motifs is 1. The van der Waals surface area contributed by atoms with Crippen LogP contribution in [0.2, 0.25) is 0 Å². The van der Waals surface area contributed by atoms with Crippen LogP contribution in [0.25, 0.3) is 6.08 Å². The Labute approximate surface area is 160 Å². The molecule has 0 saturated carbocycles. The van der Waals surface area contributed by atoms with Gasteiger partial charge in [-0.25, -0.2) is 4.79 Å². The first-order valence-corrected chi connectivity index (χ1v) is 8.38. The second-order valence-corrected chi connectivity index (χ2v) is 6.20. The maximum absolute atomic E-state index is 12.2. The maximum Gasteiger partial charge on any atom is 0.331 e. The predicted molar refractivity (Wildman–Crippen MR) is 99.5 cm³/mol. The molecule has 144 valence electrons. The molecule has 3 rings (SSSR count). The second kappa shape index (κ2) is 7.91. The molecule has 8 nitrogen and oxygen atoms in total. The minimum absolute atomic E-state index is 0.0256. The van der Waals surface area contributed by atoms with Crippen molar-refractivity contribution < 1.29 is 28.7 Å². The molecule has 0 radical (unpaired) electrons. The van der Waals surface area contributed by atoms with Crippen molar-refractivity contribution >= 4 is 23.5 Å². The molecule has 0 amide bonds. The zero-order valence-electron chi connectivity index (χ0n) is 15.3. The summed E-state index contributed by atoms with van der Waals surface area (Å²) in [5.41, 5.74) is 2.13. The van der Waals surface area contributed by atoms with E-state index >= 15 is 0 Å². The zero-order valence-corrected chi connectivity index (χ0v) is 15.3. The third kappa shape index (κ3) is 4.17. The molecule has 2 aromatic carbocycles. The molecule has 0 atom stereocenters. The van der Waals surface area contributed by atoms with Crippen LogP contribution in [-0.2, 0) is 9.53 Å². The number of rotatable bonds is 6. The lowest BCUT2D eigenvalue weighted by molar-refractivity contribution is -0.385. The number of aryl methyl sites for hydroxylation is 2. The van der Waals surface area contributed by atoms with E-state index in [0.29, 0.717) is 11.3 Å². The molecule has 28 heavy (non-hydrogen) atoms. The number of esters is 1. The molecule has 0 spiro atoms. The Hall–Kier alpha value is -3.68. The summed E-state index contributed by atoms with van der Waals surface area (Å²) in [4.78, 5) is 34.8. The van der Waals surface area contributed by atoms with Crippen LogP contribution in [0.15, 0.2) is 36.4 Å². The van der Waals surface area contributed by atoms with Crippen molar-refractivity contribution in [1.29, 1.82) is 0 Å². The molecule has 0 unspecified atom stereocenters. The van der Waals surface area contributed by atoms with E-state index in [2.05, 4.69) is 0 Å².